The van der Waals surface area contributed by atoms with Crippen molar-refractivity contribution in [3.63, 3.8) is 0 Å². The Morgan fingerprint density at radius 1 is 1.00 bits per heavy atom. The SMILES string of the molecule is OCc1ccc(N2CCN(c3cccc(Cl)c3)CC2)nn1. The molecular weight excluding hydrogens is 288 g/mol. The van der Waals surface area contributed by atoms with Crippen LogP contribution >= 0.6 is 11.6 Å². The molecule has 0 atom stereocenters. The second-order valence-electron chi connectivity index (χ2n) is 4.99. The first-order chi connectivity index (χ1) is 10.3. The molecule has 1 aliphatic rings. The number of aliphatic hydroxyl groups excluding tert-OH is 1. The maximum Gasteiger partial charge on any atom is 0.151 e. The van der Waals surface area contributed by atoms with Crippen LogP contribution in [-0.2, 0) is 6.61 Å². The van der Waals surface area contributed by atoms with Gasteiger partial charge in [0.2, 0.25) is 0 Å². The molecule has 110 valence electrons. The van der Waals surface area contributed by atoms with E-state index in [4.69, 9.17) is 16.7 Å². The van der Waals surface area contributed by atoms with Gasteiger partial charge in [-0.3, -0.25) is 0 Å². The zero-order valence-electron chi connectivity index (χ0n) is 11.6. The summed E-state index contributed by atoms with van der Waals surface area (Å²) in [7, 11) is 0. The van der Waals surface area contributed by atoms with Gasteiger partial charge in [-0.15, -0.1) is 5.10 Å². The molecule has 0 spiro atoms. The van der Waals surface area contributed by atoms with E-state index in [0.717, 1.165) is 42.7 Å². The van der Waals surface area contributed by atoms with E-state index in [2.05, 4.69) is 26.1 Å². The van der Waals surface area contributed by atoms with Gasteiger partial charge in [0.05, 0.1) is 12.3 Å². The molecule has 3 rings (SSSR count). The fourth-order valence-electron chi connectivity index (χ4n) is 2.47. The molecule has 5 nitrogen and oxygen atoms in total. The van der Waals surface area contributed by atoms with Crippen molar-refractivity contribution in [3.8, 4) is 0 Å². The van der Waals surface area contributed by atoms with Gasteiger partial charge in [0.1, 0.15) is 0 Å². The van der Waals surface area contributed by atoms with E-state index in [-0.39, 0.29) is 6.61 Å². The number of piperazine rings is 1. The van der Waals surface area contributed by atoms with Crippen molar-refractivity contribution in [2.45, 2.75) is 6.61 Å². The molecule has 21 heavy (non-hydrogen) atoms. The van der Waals surface area contributed by atoms with E-state index in [1.54, 1.807) is 0 Å². The summed E-state index contributed by atoms with van der Waals surface area (Å²) in [6.07, 6.45) is 0. The van der Waals surface area contributed by atoms with E-state index >= 15 is 0 Å². The van der Waals surface area contributed by atoms with Crippen molar-refractivity contribution < 1.29 is 5.11 Å². The first kappa shape index (κ1) is 14.1. The van der Waals surface area contributed by atoms with Crippen LogP contribution in [0.5, 0.6) is 0 Å². The van der Waals surface area contributed by atoms with Crippen molar-refractivity contribution in [2.75, 3.05) is 36.0 Å². The van der Waals surface area contributed by atoms with Gasteiger partial charge < -0.3 is 14.9 Å². The zero-order chi connectivity index (χ0) is 14.7. The van der Waals surface area contributed by atoms with Crippen molar-refractivity contribution >= 4 is 23.1 Å². The number of rotatable bonds is 3. The van der Waals surface area contributed by atoms with Crippen LogP contribution in [0.2, 0.25) is 5.02 Å². The number of aromatic nitrogens is 2. The number of nitrogens with zero attached hydrogens (tertiary/aromatic N) is 4. The van der Waals surface area contributed by atoms with E-state index in [0.29, 0.717) is 5.69 Å². The van der Waals surface area contributed by atoms with Crippen LogP contribution in [0.4, 0.5) is 11.5 Å². The second-order valence-corrected chi connectivity index (χ2v) is 5.43. The molecule has 2 aromatic rings. The summed E-state index contributed by atoms with van der Waals surface area (Å²) in [6, 6.07) is 11.7. The van der Waals surface area contributed by atoms with Crippen LogP contribution in [0.1, 0.15) is 5.69 Å². The van der Waals surface area contributed by atoms with Crippen molar-refractivity contribution in [1.82, 2.24) is 10.2 Å². The topological polar surface area (TPSA) is 52.5 Å². The summed E-state index contributed by atoms with van der Waals surface area (Å²) in [5.74, 6) is 0.859. The molecule has 6 heteroatoms. The molecule has 0 amide bonds. The second kappa shape index (κ2) is 6.28. The lowest BCUT2D eigenvalue weighted by Gasteiger charge is -2.36. The number of hydrogen-bond donors (Lipinski definition) is 1. The molecule has 0 unspecified atom stereocenters. The highest BCUT2D eigenvalue weighted by Crippen LogP contribution is 2.22. The summed E-state index contributed by atoms with van der Waals surface area (Å²) in [4.78, 5) is 4.52. The highest BCUT2D eigenvalue weighted by molar-refractivity contribution is 6.30. The molecule has 1 N–H and O–H groups in total. The largest absolute Gasteiger partial charge is 0.390 e. The molecule has 2 heterocycles. The minimum atomic E-state index is -0.0736. The summed E-state index contributed by atoms with van der Waals surface area (Å²) >= 11 is 6.04. The molecule has 0 radical (unpaired) electrons. The Labute approximate surface area is 128 Å². The number of aliphatic hydroxyl groups is 1. The van der Waals surface area contributed by atoms with Gasteiger partial charge in [-0.25, -0.2) is 0 Å². The zero-order valence-corrected chi connectivity index (χ0v) is 12.4. The Hall–Kier alpha value is -1.85. The van der Waals surface area contributed by atoms with Gasteiger partial charge in [0.15, 0.2) is 5.82 Å². The average molecular weight is 305 g/mol. The van der Waals surface area contributed by atoms with Crippen LogP contribution < -0.4 is 9.80 Å². The molecule has 1 aromatic heterocycles. The van der Waals surface area contributed by atoms with Gasteiger partial charge in [-0.2, -0.15) is 5.10 Å². The maximum atomic E-state index is 8.99. The predicted molar refractivity (Wildman–Crippen MR) is 83.8 cm³/mol. The normalized spacial score (nSPS) is 15.3. The van der Waals surface area contributed by atoms with Gasteiger partial charge in [-0.1, -0.05) is 17.7 Å². The molecule has 0 aliphatic carbocycles. The van der Waals surface area contributed by atoms with Gasteiger partial charge in [0.25, 0.3) is 0 Å². The first-order valence-electron chi connectivity index (χ1n) is 6.95. The quantitative estimate of drug-likeness (QED) is 0.939. The summed E-state index contributed by atoms with van der Waals surface area (Å²) in [6.45, 7) is 3.54. The Morgan fingerprint density at radius 2 is 1.76 bits per heavy atom. The van der Waals surface area contributed by atoms with Gasteiger partial charge >= 0.3 is 0 Å². The van der Waals surface area contributed by atoms with Gasteiger partial charge in [0, 0.05) is 36.9 Å². The fraction of sp³-hybridized carbons (Fsp3) is 0.333. The number of benzene rings is 1. The molecular formula is C15H17ClN4O. The van der Waals surface area contributed by atoms with E-state index in [9.17, 15) is 0 Å². The smallest absolute Gasteiger partial charge is 0.151 e. The first-order valence-corrected chi connectivity index (χ1v) is 7.33. The lowest BCUT2D eigenvalue weighted by atomic mass is 10.2. The molecule has 1 aromatic carbocycles. The van der Waals surface area contributed by atoms with Crippen LogP contribution in [0.3, 0.4) is 0 Å². The number of hydrogen-bond acceptors (Lipinski definition) is 5. The fourth-order valence-corrected chi connectivity index (χ4v) is 2.66. The van der Waals surface area contributed by atoms with Crippen LogP contribution in [0.25, 0.3) is 0 Å². The predicted octanol–water partition coefficient (Wildman–Crippen LogP) is 1.95. The van der Waals surface area contributed by atoms with Gasteiger partial charge in [-0.05, 0) is 30.3 Å². The van der Waals surface area contributed by atoms with E-state index < -0.39 is 0 Å². The summed E-state index contributed by atoms with van der Waals surface area (Å²) in [5, 5.41) is 17.9. The molecule has 0 saturated carbocycles. The maximum absolute atomic E-state index is 8.99. The monoisotopic (exact) mass is 304 g/mol. The molecule has 1 fully saturated rings. The lowest BCUT2D eigenvalue weighted by molar-refractivity contribution is 0.275. The highest BCUT2D eigenvalue weighted by atomic mass is 35.5. The Balaban J connectivity index is 1.64. The van der Waals surface area contributed by atoms with E-state index in [1.165, 1.54) is 0 Å². The standard InChI is InChI=1S/C15H17ClN4O/c16-12-2-1-3-14(10-12)19-6-8-20(9-7-19)15-5-4-13(11-21)17-18-15/h1-5,10,21H,6-9,11H2. The summed E-state index contributed by atoms with van der Waals surface area (Å²) < 4.78 is 0. The third-order valence-corrected chi connectivity index (χ3v) is 3.88. The Morgan fingerprint density at radius 3 is 2.38 bits per heavy atom. The van der Waals surface area contributed by atoms with E-state index in [1.807, 2.05) is 30.3 Å². The van der Waals surface area contributed by atoms with Crippen molar-refractivity contribution in [3.05, 3.63) is 47.1 Å². The van der Waals surface area contributed by atoms with Crippen LogP contribution in [0.15, 0.2) is 36.4 Å². The summed E-state index contributed by atoms with van der Waals surface area (Å²) in [5.41, 5.74) is 1.75. The highest BCUT2D eigenvalue weighted by Gasteiger charge is 2.18. The third-order valence-electron chi connectivity index (χ3n) is 3.64. The molecule has 1 aliphatic heterocycles. The Kier molecular flexibility index (Phi) is 4.22. The van der Waals surface area contributed by atoms with Crippen LogP contribution in [-0.4, -0.2) is 41.5 Å². The van der Waals surface area contributed by atoms with Crippen LogP contribution in [0, 0.1) is 0 Å². The van der Waals surface area contributed by atoms with Crippen molar-refractivity contribution in [1.29, 1.82) is 0 Å². The third kappa shape index (κ3) is 3.25. The number of halogens is 1. The molecule has 0 bridgehead atoms. The number of anilines is 2. The minimum Gasteiger partial charge on any atom is -0.390 e. The van der Waals surface area contributed by atoms with Crippen molar-refractivity contribution in [2.24, 2.45) is 0 Å². The molecule has 1 saturated heterocycles. The minimum absolute atomic E-state index is 0.0736. The lowest BCUT2D eigenvalue weighted by Crippen LogP contribution is -2.46. The average Bonchev–Trinajstić information content (AvgIpc) is 2.55. The Bertz CT molecular complexity index is 597.